The van der Waals surface area contributed by atoms with Crippen molar-refractivity contribution in [3.05, 3.63) is 35.9 Å². The van der Waals surface area contributed by atoms with Gasteiger partial charge in [-0.3, -0.25) is 4.79 Å². The first-order valence-electron chi connectivity index (χ1n) is 17.0. The first-order chi connectivity index (χ1) is 18.8. The van der Waals surface area contributed by atoms with Crippen LogP contribution >= 0.6 is 0 Å². The third-order valence-corrected chi connectivity index (χ3v) is 10.4. The molecule has 1 aromatic carbocycles. The topological polar surface area (TPSA) is 17.1 Å². The summed E-state index contributed by atoms with van der Waals surface area (Å²) in [6, 6.07) is 10.0. The van der Waals surface area contributed by atoms with Crippen molar-refractivity contribution in [2.75, 3.05) is 17.3 Å². The van der Waals surface area contributed by atoms with Gasteiger partial charge in [0, 0.05) is 5.56 Å². The molecule has 0 saturated heterocycles. The first kappa shape index (κ1) is 35.3. The molecule has 0 fully saturated rings. The fraction of sp³-hybridized carbons (Fsp3) is 0.806. The average Bonchev–Trinajstić information content (AvgIpc) is 2.94. The van der Waals surface area contributed by atoms with Crippen LogP contribution in [0.2, 0.25) is 0 Å². The fourth-order valence-electron chi connectivity index (χ4n) is 5.43. The van der Waals surface area contributed by atoms with E-state index in [0.717, 1.165) is 11.3 Å². The molecule has 0 N–H and O–H groups in total. The second-order valence-corrected chi connectivity index (χ2v) is 14.1. The Labute approximate surface area is 242 Å². The van der Waals surface area contributed by atoms with Gasteiger partial charge in [0.2, 0.25) is 5.78 Å². The van der Waals surface area contributed by atoms with Crippen molar-refractivity contribution < 1.29 is 4.79 Å². The van der Waals surface area contributed by atoms with E-state index in [4.69, 9.17) is 0 Å². The molecule has 1 nitrogen and oxygen atoms in total. The molecule has 0 atom stereocenters. The zero-order valence-corrected chi connectivity index (χ0v) is 26.6. The standard InChI is InChI=1S/C36H65OS/c1-3-5-7-9-11-13-15-17-19-21-23-28-32-38(34-36(37)35-30-26-25-27-31-35)33-29-24-22-20-18-16-14-12-10-8-6-4-2/h25-27,30-31H,3-24,28-29,32-34H2,1-2H3/q+1. The van der Waals surface area contributed by atoms with Crippen molar-refractivity contribution in [2.24, 2.45) is 0 Å². The molecule has 0 radical (unpaired) electrons. The molecule has 0 bridgehead atoms. The third-order valence-electron chi connectivity index (χ3n) is 8.00. The summed E-state index contributed by atoms with van der Waals surface area (Å²) in [6.07, 6.45) is 33.7. The highest BCUT2D eigenvalue weighted by atomic mass is 32.2. The molecule has 2 heteroatoms. The van der Waals surface area contributed by atoms with Crippen LogP contribution in [-0.4, -0.2) is 23.0 Å². The minimum Gasteiger partial charge on any atom is -0.289 e. The number of hydrogen-bond donors (Lipinski definition) is 0. The molecule has 0 spiro atoms. The van der Waals surface area contributed by atoms with Gasteiger partial charge in [-0.1, -0.05) is 173 Å². The Morgan fingerprint density at radius 1 is 0.474 bits per heavy atom. The molecular weight excluding hydrogens is 480 g/mol. The highest BCUT2D eigenvalue weighted by Crippen LogP contribution is 2.16. The van der Waals surface area contributed by atoms with E-state index in [1.807, 2.05) is 30.3 Å². The number of rotatable bonds is 29. The van der Waals surface area contributed by atoms with E-state index >= 15 is 0 Å². The van der Waals surface area contributed by atoms with Crippen LogP contribution in [0.5, 0.6) is 0 Å². The second kappa shape index (κ2) is 27.8. The van der Waals surface area contributed by atoms with Crippen LogP contribution in [0.3, 0.4) is 0 Å². The Kier molecular flexibility index (Phi) is 25.8. The highest BCUT2D eigenvalue weighted by Gasteiger charge is 2.22. The van der Waals surface area contributed by atoms with Gasteiger partial charge in [-0.05, 0) is 36.6 Å². The summed E-state index contributed by atoms with van der Waals surface area (Å²) in [4.78, 5) is 12.9. The number of unbranched alkanes of at least 4 members (excludes halogenated alkanes) is 22. The lowest BCUT2D eigenvalue weighted by Gasteiger charge is -2.09. The molecular formula is C36H65OS+. The molecule has 0 aliphatic rings. The Balaban J connectivity index is 2.15. The number of benzene rings is 1. The van der Waals surface area contributed by atoms with Gasteiger partial charge in [-0.15, -0.1) is 0 Å². The van der Waals surface area contributed by atoms with E-state index in [1.165, 1.54) is 166 Å². The lowest BCUT2D eigenvalue weighted by Crippen LogP contribution is -2.23. The minimum atomic E-state index is 0.266. The predicted molar refractivity (Wildman–Crippen MR) is 175 cm³/mol. The largest absolute Gasteiger partial charge is 0.289 e. The lowest BCUT2D eigenvalue weighted by molar-refractivity contribution is 0.102. The maximum Gasteiger partial charge on any atom is 0.211 e. The summed E-state index contributed by atoms with van der Waals surface area (Å²) in [7, 11) is 0.266. The maximum absolute atomic E-state index is 12.9. The van der Waals surface area contributed by atoms with Gasteiger partial charge in [0.15, 0.2) is 5.75 Å². The molecule has 38 heavy (non-hydrogen) atoms. The zero-order chi connectivity index (χ0) is 27.4. The highest BCUT2D eigenvalue weighted by molar-refractivity contribution is 7.97. The van der Waals surface area contributed by atoms with E-state index < -0.39 is 0 Å². The maximum atomic E-state index is 12.9. The van der Waals surface area contributed by atoms with E-state index in [0.29, 0.717) is 5.78 Å². The smallest absolute Gasteiger partial charge is 0.211 e. The minimum absolute atomic E-state index is 0.266. The molecule has 0 aliphatic carbocycles. The lowest BCUT2D eigenvalue weighted by atomic mass is 10.1. The van der Waals surface area contributed by atoms with Gasteiger partial charge in [0.05, 0.1) is 0 Å². The summed E-state index contributed by atoms with van der Waals surface area (Å²) in [6.45, 7) is 4.59. The molecule has 0 heterocycles. The van der Waals surface area contributed by atoms with Crippen LogP contribution in [-0.2, 0) is 10.9 Å². The van der Waals surface area contributed by atoms with Gasteiger partial charge < -0.3 is 0 Å². The van der Waals surface area contributed by atoms with Crippen LogP contribution in [0.25, 0.3) is 0 Å². The summed E-state index contributed by atoms with van der Waals surface area (Å²) < 4.78 is 0. The van der Waals surface area contributed by atoms with E-state index in [1.54, 1.807) is 0 Å². The second-order valence-electron chi connectivity index (χ2n) is 11.7. The molecule has 220 valence electrons. The number of ketones is 1. The monoisotopic (exact) mass is 545 g/mol. The summed E-state index contributed by atoms with van der Waals surface area (Å²) >= 11 is 0. The summed E-state index contributed by atoms with van der Waals surface area (Å²) in [5.74, 6) is 3.69. The Morgan fingerprint density at radius 3 is 1.13 bits per heavy atom. The Morgan fingerprint density at radius 2 is 0.789 bits per heavy atom. The van der Waals surface area contributed by atoms with Gasteiger partial charge in [0.1, 0.15) is 11.5 Å². The van der Waals surface area contributed by atoms with Crippen molar-refractivity contribution in [1.29, 1.82) is 0 Å². The van der Waals surface area contributed by atoms with Crippen LogP contribution in [0.1, 0.15) is 178 Å². The van der Waals surface area contributed by atoms with Crippen molar-refractivity contribution in [2.45, 2.75) is 168 Å². The van der Waals surface area contributed by atoms with Crippen molar-refractivity contribution in [3.63, 3.8) is 0 Å². The Bertz CT molecular complexity index is 585. The van der Waals surface area contributed by atoms with Crippen molar-refractivity contribution in [3.8, 4) is 0 Å². The Hall–Kier alpha value is -0.760. The summed E-state index contributed by atoms with van der Waals surface area (Å²) in [5, 5.41) is 0. The van der Waals surface area contributed by atoms with Gasteiger partial charge in [-0.25, -0.2) is 0 Å². The van der Waals surface area contributed by atoms with Gasteiger partial charge >= 0.3 is 0 Å². The molecule has 0 saturated carbocycles. The first-order valence-corrected chi connectivity index (χ1v) is 18.7. The van der Waals surface area contributed by atoms with Crippen LogP contribution < -0.4 is 0 Å². The third kappa shape index (κ3) is 22.1. The summed E-state index contributed by atoms with van der Waals surface area (Å²) in [5.41, 5.74) is 0.911. The van der Waals surface area contributed by atoms with E-state index in [2.05, 4.69) is 13.8 Å². The molecule has 1 rings (SSSR count). The normalized spacial score (nSPS) is 11.4. The fourth-order valence-corrected chi connectivity index (χ4v) is 7.69. The van der Waals surface area contributed by atoms with Gasteiger partial charge in [-0.2, -0.15) is 0 Å². The molecule has 0 amide bonds. The predicted octanol–water partition coefficient (Wildman–Crippen LogP) is 11.9. The number of carbonyl (C=O) groups is 1. The van der Waals surface area contributed by atoms with E-state index in [-0.39, 0.29) is 10.9 Å². The zero-order valence-electron chi connectivity index (χ0n) is 25.8. The van der Waals surface area contributed by atoms with Crippen molar-refractivity contribution >= 4 is 16.7 Å². The van der Waals surface area contributed by atoms with Crippen LogP contribution in [0.15, 0.2) is 30.3 Å². The number of Topliss-reactive ketones (excluding diaryl/α,β-unsaturated/α-hetero) is 1. The van der Waals surface area contributed by atoms with Crippen molar-refractivity contribution in [1.82, 2.24) is 0 Å². The quantitative estimate of drug-likeness (QED) is 0.0555. The van der Waals surface area contributed by atoms with Gasteiger partial charge in [0.25, 0.3) is 0 Å². The van der Waals surface area contributed by atoms with E-state index in [9.17, 15) is 4.79 Å². The molecule has 0 aromatic heterocycles. The molecule has 1 aromatic rings. The average molecular weight is 546 g/mol. The van der Waals surface area contributed by atoms with Crippen LogP contribution in [0.4, 0.5) is 0 Å². The SMILES string of the molecule is CCCCCCCCCCCCCC[S+](CCCCCCCCCCCCCC)CC(=O)c1ccccc1. The number of carbonyl (C=O) groups excluding carboxylic acids is 1. The molecule has 0 unspecified atom stereocenters. The molecule has 0 aliphatic heterocycles. The van der Waals surface area contributed by atoms with Crippen LogP contribution in [0, 0.1) is 0 Å². The number of hydrogen-bond acceptors (Lipinski definition) is 1.